The molecule has 0 aliphatic carbocycles. The van der Waals surface area contributed by atoms with Crippen LogP contribution in [0.15, 0.2) is 40.6 Å². The molecule has 170 valence electrons. The molecule has 32 heavy (non-hydrogen) atoms. The van der Waals surface area contributed by atoms with Crippen molar-refractivity contribution in [3.05, 3.63) is 74.8 Å². The molecule has 1 aliphatic heterocycles. The third kappa shape index (κ3) is 4.76. The highest BCUT2D eigenvalue weighted by Gasteiger charge is 2.34. The first kappa shape index (κ1) is 23.0. The largest absolute Gasteiger partial charge is 0.348 e. The van der Waals surface area contributed by atoms with Crippen molar-refractivity contribution in [2.75, 3.05) is 18.0 Å². The summed E-state index contributed by atoms with van der Waals surface area (Å²) in [5.74, 6) is 0. The van der Waals surface area contributed by atoms with E-state index in [1.807, 2.05) is 32.9 Å². The quantitative estimate of drug-likeness (QED) is 0.481. The fourth-order valence-corrected chi connectivity index (χ4v) is 8.10. The maximum Gasteiger partial charge on any atom is 0.185 e. The van der Waals surface area contributed by atoms with Crippen LogP contribution in [0.4, 0.5) is 5.13 Å². The normalized spacial score (nSPS) is 15.3. The SMILES string of the molecule is Cc1cc(C)cc(Cc2csc(N3CCC(S(=O)(=O)c4c(C)cc(C)cc4C)CC3)n2)c1. The monoisotopic (exact) mass is 468 g/mol. The number of aromatic nitrogens is 1. The molecule has 6 heteroatoms. The van der Waals surface area contributed by atoms with E-state index in [1.165, 1.54) is 16.7 Å². The lowest BCUT2D eigenvalue weighted by atomic mass is 10.0. The highest BCUT2D eigenvalue weighted by molar-refractivity contribution is 7.92. The van der Waals surface area contributed by atoms with Gasteiger partial charge >= 0.3 is 0 Å². The van der Waals surface area contributed by atoms with Crippen LogP contribution in [0, 0.1) is 34.6 Å². The van der Waals surface area contributed by atoms with E-state index in [0.717, 1.165) is 47.0 Å². The molecular formula is C26H32N2O2S2. The molecule has 2 aromatic carbocycles. The summed E-state index contributed by atoms with van der Waals surface area (Å²) in [5.41, 5.74) is 7.75. The zero-order valence-corrected chi connectivity index (χ0v) is 21.2. The van der Waals surface area contributed by atoms with Gasteiger partial charge in [-0.15, -0.1) is 11.3 Å². The summed E-state index contributed by atoms with van der Waals surface area (Å²) in [4.78, 5) is 7.65. The Kier molecular flexibility index (Phi) is 6.46. The average molecular weight is 469 g/mol. The van der Waals surface area contributed by atoms with Gasteiger partial charge in [0.05, 0.1) is 15.8 Å². The van der Waals surface area contributed by atoms with Gasteiger partial charge in [0.25, 0.3) is 0 Å². The highest BCUT2D eigenvalue weighted by Crippen LogP contribution is 2.32. The third-order valence-corrected chi connectivity index (χ3v) is 9.76. The van der Waals surface area contributed by atoms with Crippen molar-refractivity contribution in [3.8, 4) is 0 Å². The number of nitrogens with zero attached hydrogens (tertiary/aromatic N) is 2. The Morgan fingerprint density at radius 1 is 0.906 bits per heavy atom. The fraction of sp³-hybridized carbons (Fsp3) is 0.423. The molecule has 4 nitrogen and oxygen atoms in total. The predicted octanol–water partition coefficient (Wildman–Crippen LogP) is 5.72. The predicted molar refractivity (Wildman–Crippen MR) is 134 cm³/mol. The Hall–Kier alpha value is -2.18. The number of piperidine rings is 1. The van der Waals surface area contributed by atoms with Gasteiger partial charge in [-0.2, -0.15) is 0 Å². The van der Waals surface area contributed by atoms with Crippen LogP contribution < -0.4 is 4.90 Å². The lowest BCUT2D eigenvalue weighted by Gasteiger charge is -2.32. The first-order valence-electron chi connectivity index (χ1n) is 11.2. The van der Waals surface area contributed by atoms with Gasteiger partial charge in [-0.25, -0.2) is 13.4 Å². The zero-order valence-electron chi connectivity index (χ0n) is 19.6. The number of hydrogen-bond acceptors (Lipinski definition) is 5. The molecular weight excluding hydrogens is 436 g/mol. The Morgan fingerprint density at radius 2 is 1.47 bits per heavy atom. The molecule has 2 heterocycles. The molecule has 0 amide bonds. The second kappa shape index (κ2) is 8.99. The summed E-state index contributed by atoms with van der Waals surface area (Å²) >= 11 is 1.66. The van der Waals surface area contributed by atoms with Crippen molar-refractivity contribution in [1.82, 2.24) is 4.98 Å². The number of anilines is 1. The Morgan fingerprint density at radius 3 is 2.06 bits per heavy atom. The summed E-state index contributed by atoms with van der Waals surface area (Å²) in [6.45, 7) is 11.5. The second-order valence-electron chi connectivity index (χ2n) is 9.25. The van der Waals surface area contributed by atoms with Crippen LogP contribution in [0.25, 0.3) is 0 Å². The Bertz CT molecular complexity index is 1190. The number of rotatable bonds is 5. The van der Waals surface area contributed by atoms with E-state index in [0.29, 0.717) is 17.7 Å². The van der Waals surface area contributed by atoms with E-state index in [-0.39, 0.29) is 5.25 Å². The smallest absolute Gasteiger partial charge is 0.185 e. The van der Waals surface area contributed by atoms with Crippen LogP contribution in [0.5, 0.6) is 0 Å². The Labute approximate surface area is 196 Å². The molecule has 1 saturated heterocycles. The van der Waals surface area contributed by atoms with Gasteiger partial charge in [-0.1, -0.05) is 47.0 Å². The topological polar surface area (TPSA) is 50.3 Å². The molecule has 0 radical (unpaired) electrons. The molecule has 4 rings (SSSR count). The standard InChI is InChI=1S/C26H32N2O2S2/c1-17-10-18(2)14-22(13-17)15-23-16-31-26(27-23)28-8-6-24(7-9-28)32(29,30)25-20(4)11-19(3)12-21(25)5/h10-14,16,24H,6-9,15H2,1-5H3. The fourth-order valence-electron chi connectivity index (χ4n) is 5.04. The summed E-state index contributed by atoms with van der Waals surface area (Å²) in [6, 6.07) is 10.6. The number of sulfone groups is 1. The van der Waals surface area contributed by atoms with Gasteiger partial charge in [0.1, 0.15) is 0 Å². The molecule has 0 saturated carbocycles. The van der Waals surface area contributed by atoms with E-state index < -0.39 is 9.84 Å². The molecule has 3 aromatic rings. The summed E-state index contributed by atoms with van der Waals surface area (Å²) < 4.78 is 26.8. The van der Waals surface area contributed by atoms with Crippen LogP contribution >= 0.6 is 11.3 Å². The lowest BCUT2D eigenvalue weighted by Crippen LogP contribution is -2.39. The minimum atomic E-state index is -3.33. The van der Waals surface area contributed by atoms with Crippen molar-refractivity contribution in [1.29, 1.82) is 0 Å². The van der Waals surface area contributed by atoms with Gasteiger partial charge in [0, 0.05) is 24.9 Å². The maximum absolute atomic E-state index is 13.4. The van der Waals surface area contributed by atoms with Crippen molar-refractivity contribution in [2.45, 2.75) is 64.0 Å². The first-order valence-corrected chi connectivity index (χ1v) is 13.6. The van der Waals surface area contributed by atoms with E-state index in [2.05, 4.69) is 42.3 Å². The first-order chi connectivity index (χ1) is 15.1. The number of thiazole rings is 1. The van der Waals surface area contributed by atoms with E-state index in [1.54, 1.807) is 11.3 Å². The van der Waals surface area contributed by atoms with Crippen molar-refractivity contribution in [2.24, 2.45) is 0 Å². The molecule has 1 aromatic heterocycles. The average Bonchev–Trinajstić information content (AvgIpc) is 3.14. The molecule has 0 atom stereocenters. The van der Waals surface area contributed by atoms with Crippen LogP contribution in [-0.2, 0) is 16.3 Å². The maximum atomic E-state index is 13.4. The second-order valence-corrected chi connectivity index (χ2v) is 12.3. The van der Waals surface area contributed by atoms with Gasteiger partial charge in [-0.05, 0) is 64.2 Å². The molecule has 0 N–H and O–H groups in total. The summed E-state index contributed by atoms with van der Waals surface area (Å²) in [7, 11) is -3.33. The van der Waals surface area contributed by atoms with Crippen molar-refractivity contribution >= 4 is 26.3 Å². The molecule has 0 bridgehead atoms. The van der Waals surface area contributed by atoms with Crippen molar-refractivity contribution < 1.29 is 8.42 Å². The highest BCUT2D eigenvalue weighted by atomic mass is 32.2. The van der Waals surface area contributed by atoms with Gasteiger partial charge in [0.15, 0.2) is 15.0 Å². The summed E-state index contributed by atoms with van der Waals surface area (Å²) in [6.07, 6.45) is 2.11. The van der Waals surface area contributed by atoms with E-state index >= 15 is 0 Å². The Balaban J connectivity index is 1.44. The van der Waals surface area contributed by atoms with Gasteiger partial charge < -0.3 is 4.90 Å². The number of hydrogen-bond donors (Lipinski definition) is 0. The van der Waals surface area contributed by atoms with Crippen LogP contribution in [0.2, 0.25) is 0 Å². The van der Waals surface area contributed by atoms with Crippen molar-refractivity contribution in [3.63, 3.8) is 0 Å². The molecule has 0 spiro atoms. The van der Waals surface area contributed by atoms with Gasteiger partial charge in [-0.3, -0.25) is 0 Å². The number of benzene rings is 2. The lowest BCUT2D eigenvalue weighted by molar-refractivity contribution is 0.528. The van der Waals surface area contributed by atoms with Crippen LogP contribution in [0.1, 0.15) is 51.9 Å². The minimum Gasteiger partial charge on any atom is -0.348 e. The van der Waals surface area contributed by atoms with Crippen LogP contribution in [-0.4, -0.2) is 31.7 Å². The molecule has 1 fully saturated rings. The summed E-state index contributed by atoms with van der Waals surface area (Å²) in [5, 5.41) is 2.81. The van der Waals surface area contributed by atoms with Crippen LogP contribution in [0.3, 0.4) is 0 Å². The van der Waals surface area contributed by atoms with Gasteiger partial charge in [0.2, 0.25) is 0 Å². The van der Waals surface area contributed by atoms with E-state index in [9.17, 15) is 8.42 Å². The zero-order chi connectivity index (χ0) is 23.0. The molecule has 1 aliphatic rings. The number of aryl methyl sites for hydroxylation is 5. The molecule has 0 unspecified atom stereocenters. The minimum absolute atomic E-state index is 0.325. The third-order valence-electron chi connectivity index (χ3n) is 6.25. The van der Waals surface area contributed by atoms with E-state index in [4.69, 9.17) is 4.98 Å².